The Morgan fingerprint density at radius 2 is 2.12 bits per heavy atom. The highest BCUT2D eigenvalue weighted by molar-refractivity contribution is 5.74. The fourth-order valence-electron chi connectivity index (χ4n) is 2.13. The van der Waals surface area contributed by atoms with E-state index in [-0.39, 0.29) is 12.0 Å². The van der Waals surface area contributed by atoms with E-state index in [0.717, 1.165) is 19.5 Å². The molecule has 1 fully saturated rings. The van der Waals surface area contributed by atoms with Gasteiger partial charge in [0.2, 0.25) is 0 Å². The predicted octanol–water partition coefficient (Wildman–Crippen LogP) is 1.98. The lowest BCUT2D eigenvalue weighted by Crippen LogP contribution is -2.27. The summed E-state index contributed by atoms with van der Waals surface area (Å²) in [4.78, 5) is 13.1. The van der Waals surface area contributed by atoms with Crippen molar-refractivity contribution in [2.24, 2.45) is 5.92 Å². The van der Waals surface area contributed by atoms with E-state index < -0.39 is 5.97 Å². The second-order valence-electron chi connectivity index (χ2n) is 4.30. The van der Waals surface area contributed by atoms with Crippen molar-refractivity contribution in [1.29, 1.82) is 0 Å². The number of carboxylic acids is 1. The molecule has 2 rings (SSSR count). The van der Waals surface area contributed by atoms with Gasteiger partial charge in [0.1, 0.15) is 0 Å². The van der Waals surface area contributed by atoms with Gasteiger partial charge in [0.25, 0.3) is 0 Å². The molecule has 1 aromatic carbocycles. The zero-order chi connectivity index (χ0) is 11.5. The summed E-state index contributed by atoms with van der Waals surface area (Å²) in [5, 5.41) is 8.91. The third-order valence-electron chi connectivity index (χ3n) is 3.18. The zero-order valence-corrected chi connectivity index (χ0v) is 9.47. The Hall–Kier alpha value is -1.35. The van der Waals surface area contributed by atoms with Crippen LogP contribution in [0.5, 0.6) is 0 Å². The standard InChI is InChI=1S/C13H17NO2/c1-2-14(12-8-11(12)13(15)16)9-10-6-4-3-5-7-10/h3-7,11-12H,2,8-9H2,1H3,(H,15,16). The summed E-state index contributed by atoms with van der Waals surface area (Å²) < 4.78 is 0. The average Bonchev–Trinajstić information content (AvgIpc) is 3.07. The molecule has 0 spiro atoms. The number of nitrogens with zero attached hydrogens (tertiary/aromatic N) is 1. The average molecular weight is 219 g/mol. The maximum Gasteiger partial charge on any atom is 0.308 e. The van der Waals surface area contributed by atoms with Crippen LogP contribution in [0.15, 0.2) is 30.3 Å². The minimum absolute atomic E-state index is 0.149. The molecule has 0 radical (unpaired) electrons. The van der Waals surface area contributed by atoms with E-state index >= 15 is 0 Å². The van der Waals surface area contributed by atoms with Crippen molar-refractivity contribution in [3.05, 3.63) is 35.9 Å². The van der Waals surface area contributed by atoms with Gasteiger partial charge in [-0.2, -0.15) is 0 Å². The summed E-state index contributed by atoms with van der Waals surface area (Å²) in [5.74, 6) is -0.805. The summed E-state index contributed by atoms with van der Waals surface area (Å²) in [7, 11) is 0. The van der Waals surface area contributed by atoms with Crippen LogP contribution in [-0.2, 0) is 11.3 Å². The smallest absolute Gasteiger partial charge is 0.308 e. The largest absolute Gasteiger partial charge is 0.481 e. The number of benzene rings is 1. The minimum Gasteiger partial charge on any atom is -0.481 e. The first kappa shape index (κ1) is 11.1. The lowest BCUT2D eigenvalue weighted by atomic mass is 10.2. The molecular weight excluding hydrogens is 202 g/mol. The van der Waals surface area contributed by atoms with Gasteiger partial charge in [-0.3, -0.25) is 9.69 Å². The molecule has 1 saturated carbocycles. The van der Waals surface area contributed by atoms with Crippen LogP contribution in [0, 0.1) is 5.92 Å². The first-order chi connectivity index (χ1) is 7.72. The number of hydrogen-bond donors (Lipinski definition) is 1. The molecule has 0 aliphatic heterocycles. The molecule has 86 valence electrons. The van der Waals surface area contributed by atoms with Crippen molar-refractivity contribution < 1.29 is 9.90 Å². The summed E-state index contributed by atoms with van der Waals surface area (Å²) in [5.41, 5.74) is 1.25. The van der Waals surface area contributed by atoms with Gasteiger partial charge in [0.05, 0.1) is 5.92 Å². The summed E-state index contributed by atoms with van der Waals surface area (Å²) in [6.45, 7) is 3.84. The Morgan fingerprint density at radius 3 is 2.62 bits per heavy atom. The van der Waals surface area contributed by atoms with Crippen molar-refractivity contribution >= 4 is 5.97 Å². The normalized spacial score (nSPS) is 23.4. The lowest BCUT2D eigenvalue weighted by Gasteiger charge is -2.20. The van der Waals surface area contributed by atoms with Gasteiger partial charge >= 0.3 is 5.97 Å². The molecule has 3 nitrogen and oxygen atoms in total. The number of carbonyl (C=O) groups is 1. The van der Waals surface area contributed by atoms with E-state index in [1.807, 2.05) is 18.2 Å². The number of carboxylic acid groups (broad SMARTS) is 1. The molecule has 1 aliphatic rings. The topological polar surface area (TPSA) is 40.5 Å². The Kier molecular flexibility index (Phi) is 3.25. The van der Waals surface area contributed by atoms with Gasteiger partial charge in [-0.1, -0.05) is 37.3 Å². The minimum atomic E-state index is -0.656. The highest BCUT2D eigenvalue weighted by Gasteiger charge is 2.46. The predicted molar refractivity (Wildman–Crippen MR) is 62.1 cm³/mol. The number of aliphatic carboxylic acids is 1. The molecule has 16 heavy (non-hydrogen) atoms. The molecule has 1 N–H and O–H groups in total. The molecule has 1 aliphatic carbocycles. The van der Waals surface area contributed by atoms with Gasteiger partial charge < -0.3 is 5.11 Å². The number of rotatable bonds is 5. The van der Waals surface area contributed by atoms with Crippen molar-refractivity contribution in [2.75, 3.05) is 6.54 Å². The highest BCUT2D eigenvalue weighted by Crippen LogP contribution is 2.36. The van der Waals surface area contributed by atoms with Crippen LogP contribution in [0.3, 0.4) is 0 Å². The van der Waals surface area contributed by atoms with Crippen molar-refractivity contribution in [3.63, 3.8) is 0 Å². The molecule has 1 aromatic rings. The maximum atomic E-state index is 10.8. The number of hydrogen-bond acceptors (Lipinski definition) is 2. The first-order valence-electron chi connectivity index (χ1n) is 5.73. The molecule has 2 atom stereocenters. The second kappa shape index (κ2) is 4.66. The van der Waals surface area contributed by atoms with Gasteiger partial charge in [-0.15, -0.1) is 0 Å². The Morgan fingerprint density at radius 1 is 1.44 bits per heavy atom. The van der Waals surface area contributed by atoms with Crippen molar-refractivity contribution in [1.82, 2.24) is 4.90 Å². The van der Waals surface area contributed by atoms with Crippen LogP contribution >= 0.6 is 0 Å². The van der Waals surface area contributed by atoms with Crippen LogP contribution in [-0.4, -0.2) is 28.6 Å². The first-order valence-corrected chi connectivity index (χ1v) is 5.73. The Bertz CT molecular complexity index is 363. The summed E-state index contributed by atoms with van der Waals surface area (Å²) in [6, 6.07) is 10.4. The molecule has 2 unspecified atom stereocenters. The second-order valence-corrected chi connectivity index (χ2v) is 4.30. The van der Waals surface area contributed by atoms with Crippen LogP contribution < -0.4 is 0 Å². The van der Waals surface area contributed by atoms with Crippen LogP contribution in [0.4, 0.5) is 0 Å². The van der Waals surface area contributed by atoms with Gasteiger partial charge in [0, 0.05) is 12.6 Å². The quantitative estimate of drug-likeness (QED) is 0.823. The molecule has 3 heteroatoms. The highest BCUT2D eigenvalue weighted by atomic mass is 16.4. The van der Waals surface area contributed by atoms with E-state index in [2.05, 4.69) is 24.0 Å². The van der Waals surface area contributed by atoms with Crippen LogP contribution in [0.1, 0.15) is 18.9 Å². The van der Waals surface area contributed by atoms with Crippen molar-refractivity contribution in [2.45, 2.75) is 25.9 Å². The molecular formula is C13H17NO2. The summed E-state index contributed by atoms with van der Waals surface area (Å²) >= 11 is 0. The molecule has 0 amide bonds. The fourth-order valence-corrected chi connectivity index (χ4v) is 2.13. The van der Waals surface area contributed by atoms with Gasteiger partial charge in [0.15, 0.2) is 0 Å². The van der Waals surface area contributed by atoms with E-state index in [4.69, 9.17) is 5.11 Å². The van der Waals surface area contributed by atoms with Crippen LogP contribution in [0.25, 0.3) is 0 Å². The molecule has 0 aromatic heterocycles. The Balaban J connectivity index is 1.95. The fraction of sp³-hybridized carbons (Fsp3) is 0.462. The Labute approximate surface area is 95.7 Å². The molecule has 0 saturated heterocycles. The zero-order valence-electron chi connectivity index (χ0n) is 9.47. The third-order valence-corrected chi connectivity index (χ3v) is 3.18. The maximum absolute atomic E-state index is 10.8. The van der Waals surface area contributed by atoms with Crippen LogP contribution in [0.2, 0.25) is 0 Å². The third kappa shape index (κ3) is 2.42. The SMILES string of the molecule is CCN(Cc1ccccc1)C1CC1C(=O)O. The van der Waals surface area contributed by atoms with E-state index in [9.17, 15) is 4.79 Å². The lowest BCUT2D eigenvalue weighted by molar-refractivity contribution is -0.139. The monoisotopic (exact) mass is 219 g/mol. The van der Waals surface area contributed by atoms with E-state index in [1.54, 1.807) is 0 Å². The summed E-state index contributed by atoms with van der Waals surface area (Å²) in [6.07, 6.45) is 0.802. The van der Waals surface area contributed by atoms with E-state index in [0.29, 0.717) is 0 Å². The van der Waals surface area contributed by atoms with Crippen molar-refractivity contribution in [3.8, 4) is 0 Å². The van der Waals surface area contributed by atoms with Gasteiger partial charge in [-0.05, 0) is 18.5 Å². The molecule has 0 heterocycles. The van der Waals surface area contributed by atoms with Gasteiger partial charge in [-0.25, -0.2) is 0 Å². The van der Waals surface area contributed by atoms with E-state index in [1.165, 1.54) is 5.56 Å². The molecule has 0 bridgehead atoms.